The van der Waals surface area contributed by atoms with Gasteiger partial charge in [-0.1, -0.05) is 12.1 Å². The number of carbonyl (C=O) groups excluding carboxylic acids is 1. The predicted octanol–water partition coefficient (Wildman–Crippen LogP) is 3.84. The van der Waals surface area contributed by atoms with Gasteiger partial charge in [-0.05, 0) is 48.9 Å². The molecule has 0 radical (unpaired) electrons. The summed E-state index contributed by atoms with van der Waals surface area (Å²) < 4.78 is 25.5. The minimum Gasteiger partial charge on any atom is -0.497 e. The first-order valence-electron chi connectivity index (χ1n) is 9.76. The fraction of sp³-hybridized carbons (Fsp3) is 0.130. The van der Waals surface area contributed by atoms with Crippen LogP contribution < -0.4 is 14.8 Å². The molecule has 1 N–H and O–H groups in total. The molecule has 0 bridgehead atoms. The van der Waals surface area contributed by atoms with Crippen molar-refractivity contribution >= 4 is 5.91 Å². The SMILES string of the molecule is COc1cccc(Oc2ccc(CNC(=O)c3nc(C)n(-c4ccc(F)cc4)n3)cn2)c1. The van der Waals surface area contributed by atoms with Gasteiger partial charge in [0.25, 0.3) is 5.91 Å². The smallest absolute Gasteiger partial charge is 0.291 e. The topological polar surface area (TPSA) is 91.2 Å². The number of carbonyl (C=O) groups is 1. The quantitative estimate of drug-likeness (QED) is 0.476. The van der Waals surface area contributed by atoms with E-state index in [1.807, 2.05) is 12.1 Å². The van der Waals surface area contributed by atoms with Crippen LogP contribution in [0.3, 0.4) is 0 Å². The van der Waals surface area contributed by atoms with Crippen LogP contribution in [0.25, 0.3) is 5.69 Å². The molecule has 9 heteroatoms. The first-order valence-corrected chi connectivity index (χ1v) is 9.76. The van der Waals surface area contributed by atoms with E-state index in [0.29, 0.717) is 28.9 Å². The number of methoxy groups -OCH3 is 1. The molecule has 2 aromatic carbocycles. The Kier molecular flexibility index (Phi) is 6.07. The maximum absolute atomic E-state index is 13.1. The Labute approximate surface area is 183 Å². The summed E-state index contributed by atoms with van der Waals surface area (Å²) in [6.45, 7) is 1.97. The lowest BCUT2D eigenvalue weighted by Gasteiger charge is -2.07. The molecule has 32 heavy (non-hydrogen) atoms. The number of rotatable bonds is 7. The van der Waals surface area contributed by atoms with Crippen LogP contribution in [0.5, 0.6) is 17.4 Å². The molecule has 0 fully saturated rings. The number of hydrogen-bond acceptors (Lipinski definition) is 6. The summed E-state index contributed by atoms with van der Waals surface area (Å²) in [6.07, 6.45) is 1.62. The number of ether oxygens (including phenoxy) is 2. The first-order chi connectivity index (χ1) is 15.5. The third kappa shape index (κ3) is 4.89. The van der Waals surface area contributed by atoms with E-state index in [0.717, 1.165) is 5.56 Å². The monoisotopic (exact) mass is 433 g/mol. The van der Waals surface area contributed by atoms with E-state index >= 15 is 0 Å². The van der Waals surface area contributed by atoms with Gasteiger partial charge < -0.3 is 14.8 Å². The number of benzene rings is 2. The molecule has 0 atom stereocenters. The fourth-order valence-corrected chi connectivity index (χ4v) is 2.94. The molecule has 0 aliphatic heterocycles. The van der Waals surface area contributed by atoms with E-state index in [-0.39, 0.29) is 18.2 Å². The Morgan fingerprint density at radius 1 is 1.09 bits per heavy atom. The van der Waals surface area contributed by atoms with E-state index in [2.05, 4.69) is 20.4 Å². The second-order valence-electron chi connectivity index (χ2n) is 6.84. The van der Waals surface area contributed by atoms with Crippen molar-refractivity contribution in [2.45, 2.75) is 13.5 Å². The molecule has 0 spiro atoms. The molecule has 162 valence electrons. The van der Waals surface area contributed by atoms with Gasteiger partial charge in [0.1, 0.15) is 23.1 Å². The number of halogens is 1. The molecule has 8 nitrogen and oxygen atoms in total. The summed E-state index contributed by atoms with van der Waals surface area (Å²) in [7, 11) is 1.59. The number of hydrogen-bond donors (Lipinski definition) is 1. The predicted molar refractivity (Wildman–Crippen MR) is 115 cm³/mol. The molecule has 0 saturated heterocycles. The first kappa shape index (κ1) is 21.0. The van der Waals surface area contributed by atoms with Gasteiger partial charge in [0.05, 0.1) is 12.8 Å². The number of aryl methyl sites for hydroxylation is 1. The molecule has 0 aliphatic carbocycles. The largest absolute Gasteiger partial charge is 0.497 e. The molecule has 4 aromatic rings. The van der Waals surface area contributed by atoms with E-state index in [1.54, 1.807) is 56.6 Å². The Hall–Kier alpha value is -4.27. The van der Waals surface area contributed by atoms with Crippen LogP contribution in [0.2, 0.25) is 0 Å². The second kappa shape index (κ2) is 9.25. The van der Waals surface area contributed by atoms with Gasteiger partial charge in [-0.25, -0.2) is 19.0 Å². The number of pyridine rings is 1. The van der Waals surface area contributed by atoms with Crippen molar-refractivity contribution in [3.63, 3.8) is 0 Å². The molecule has 4 rings (SSSR count). The highest BCUT2D eigenvalue weighted by molar-refractivity contribution is 5.90. The average Bonchev–Trinajstić information content (AvgIpc) is 3.20. The number of amides is 1. The molecule has 2 heterocycles. The van der Waals surface area contributed by atoms with E-state index in [4.69, 9.17) is 9.47 Å². The summed E-state index contributed by atoms with van der Waals surface area (Å²) in [4.78, 5) is 20.9. The van der Waals surface area contributed by atoms with Crippen LogP contribution in [-0.2, 0) is 6.54 Å². The Morgan fingerprint density at radius 3 is 2.59 bits per heavy atom. The van der Waals surface area contributed by atoms with Crippen LogP contribution in [0.15, 0.2) is 66.9 Å². The van der Waals surface area contributed by atoms with Gasteiger partial charge in [-0.2, -0.15) is 0 Å². The van der Waals surface area contributed by atoms with Crippen molar-refractivity contribution < 1.29 is 18.7 Å². The van der Waals surface area contributed by atoms with Crippen LogP contribution in [0.1, 0.15) is 22.0 Å². The van der Waals surface area contributed by atoms with Crippen molar-refractivity contribution in [3.05, 3.63) is 89.9 Å². The maximum Gasteiger partial charge on any atom is 0.291 e. The summed E-state index contributed by atoms with van der Waals surface area (Å²) in [5.41, 5.74) is 1.40. The van der Waals surface area contributed by atoms with Crippen molar-refractivity contribution in [1.29, 1.82) is 0 Å². The molecular weight excluding hydrogens is 413 g/mol. The Bertz CT molecular complexity index is 1220. The molecule has 2 aromatic heterocycles. The average molecular weight is 433 g/mol. The van der Waals surface area contributed by atoms with Crippen molar-refractivity contribution in [3.8, 4) is 23.1 Å². The zero-order valence-corrected chi connectivity index (χ0v) is 17.4. The van der Waals surface area contributed by atoms with Gasteiger partial charge in [0, 0.05) is 24.9 Å². The highest BCUT2D eigenvalue weighted by atomic mass is 19.1. The number of nitrogens with zero attached hydrogens (tertiary/aromatic N) is 4. The number of nitrogens with one attached hydrogen (secondary N) is 1. The second-order valence-corrected chi connectivity index (χ2v) is 6.84. The van der Waals surface area contributed by atoms with Crippen molar-refractivity contribution in [1.82, 2.24) is 25.1 Å². The van der Waals surface area contributed by atoms with E-state index < -0.39 is 5.91 Å². The normalized spacial score (nSPS) is 10.6. The van der Waals surface area contributed by atoms with Crippen molar-refractivity contribution in [2.75, 3.05) is 7.11 Å². The van der Waals surface area contributed by atoms with Gasteiger partial charge in [-0.15, -0.1) is 5.10 Å². The highest BCUT2D eigenvalue weighted by Gasteiger charge is 2.15. The zero-order valence-electron chi connectivity index (χ0n) is 17.4. The lowest BCUT2D eigenvalue weighted by atomic mass is 10.3. The van der Waals surface area contributed by atoms with Crippen LogP contribution in [-0.4, -0.2) is 32.8 Å². The molecular formula is C23H20FN5O3. The minimum absolute atomic E-state index is 0.0257. The van der Waals surface area contributed by atoms with Gasteiger partial charge >= 0.3 is 0 Å². The van der Waals surface area contributed by atoms with Crippen molar-refractivity contribution in [2.24, 2.45) is 0 Å². The van der Waals surface area contributed by atoms with Crippen LogP contribution in [0.4, 0.5) is 4.39 Å². The zero-order chi connectivity index (χ0) is 22.5. The van der Waals surface area contributed by atoms with Gasteiger partial charge in [-0.3, -0.25) is 4.79 Å². The third-order valence-corrected chi connectivity index (χ3v) is 4.56. The molecule has 0 saturated carbocycles. The van der Waals surface area contributed by atoms with Crippen LogP contribution >= 0.6 is 0 Å². The minimum atomic E-state index is -0.425. The third-order valence-electron chi connectivity index (χ3n) is 4.56. The maximum atomic E-state index is 13.1. The summed E-state index contributed by atoms with van der Waals surface area (Å²) in [5.74, 6) is 1.48. The lowest BCUT2D eigenvalue weighted by molar-refractivity contribution is 0.0940. The van der Waals surface area contributed by atoms with E-state index in [1.165, 1.54) is 16.8 Å². The summed E-state index contributed by atoms with van der Waals surface area (Å²) in [5, 5.41) is 6.99. The molecule has 0 aliphatic rings. The summed E-state index contributed by atoms with van der Waals surface area (Å²) >= 11 is 0. The summed E-state index contributed by atoms with van der Waals surface area (Å²) in [6, 6.07) is 16.5. The Morgan fingerprint density at radius 2 is 1.88 bits per heavy atom. The standard InChI is InChI=1S/C23H20FN5O3/c1-15-27-22(28-29(15)18-9-7-17(24)8-10-18)23(30)26-14-16-6-11-21(25-13-16)32-20-5-3-4-19(12-20)31-2/h3-13H,14H2,1-2H3,(H,26,30). The lowest BCUT2D eigenvalue weighted by Crippen LogP contribution is -2.24. The van der Waals surface area contributed by atoms with Gasteiger partial charge in [0.15, 0.2) is 0 Å². The molecule has 0 unspecified atom stereocenters. The highest BCUT2D eigenvalue weighted by Crippen LogP contribution is 2.23. The van der Waals surface area contributed by atoms with E-state index in [9.17, 15) is 9.18 Å². The number of aromatic nitrogens is 4. The fourth-order valence-electron chi connectivity index (χ4n) is 2.94. The van der Waals surface area contributed by atoms with Gasteiger partial charge in [0.2, 0.25) is 11.7 Å². The van der Waals surface area contributed by atoms with Crippen LogP contribution in [0, 0.1) is 12.7 Å². The Balaban J connectivity index is 1.37. The molecule has 1 amide bonds.